The predicted octanol–water partition coefficient (Wildman–Crippen LogP) is 12.8. The van der Waals surface area contributed by atoms with Gasteiger partial charge in [0, 0.05) is 38.1 Å². The predicted molar refractivity (Wildman–Crippen MR) is 218 cm³/mol. The molecule has 0 unspecified atom stereocenters. The Morgan fingerprint density at radius 2 is 1.15 bits per heavy atom. The Morgan fingerprint density at radius 1 is 0.491 bits per heavy atom. The van der Waals surface area contributed by atoms with Crippen molar-refractivity contribution in [2.75, 3.05) is 0 Å². The number of benzene rings is 7. The summed E-state index contributed by atoms with van der Waals surface area (Å²) in [5, 5.41) is 4.54. The number of nitrogens with zero attached hydrogens (tertiary/aromatic N) is 3. The van der Waals surface area contributed by atoms with Crippen LogP contribution < -0.4 is 0 Å². The molecule has 0 fully saturated rings. The Hall–Kier alpha value is -6.78. The summed E-state index contributed by atoms with van der Waals surface area (Å²) in [7, 11) is 0. The Labute approximate surface area is 306 Å². The molecule has 3 aromatic heterocycles. The average molecular weight is 680 g/mol. The summed E-state index contributed by atoms with van der Waals surface area (Å²) in [5.41, 5.74) is 14.8. The van der Waals surface area contributed by atoms with E-state index in [2.05, 4.69) is 164 Å². The van der Waals surface area contributed by atoms with Gasteiger partial charge >= 0.3 is 0 Å². The van der Waals surface area contributed by atoms with E-state index < -0.39 is 0 Å². The fourth-order valence-corrected chi connectivity index (χ4v) is 8.75. The first-order chi connectivity index (χ1) is 26.0. The molecular formula is C49H33N3O. The topological polar surface area (TPSA) is 43.9 Å². The third kappa shape index (κ3) is 4.36. The van der Waals surface area contributed by atoms with Crippen molar-refractivity contribution >= 4 is 43.7 Å². The first-order valence-corrected chi connectivity index (χ1v) is 18.2. The molecule has 0 saturated carbocycles. The van der Waals surface area contributed by atoms with Crippen LogP contribution in [0.15, 0.2) is 168 Å². The van der Waals surface area contributed by atoms with Gasteiger partial charge in [0.2, 0.25) is 5.95 Å². The summed E-state index contributed by atoms with van der Waals surface area (Å²) in [4.78, 5) is 10.9. The summed E-state index contributed by atoms with van der Waals surface area (Å²) in [5.74, 6) is 0.629. The second kappa shape index (κ2) is 11.1. The van der Waals surface area contributed by atoms with E-state index in [4.69, 9.17) is 14.4 Å². The van der Waals surface area contributed by atoms with Crippen LogP contribution in [0.5, 0.6) is 0 Å². The Morgan fingerprint density at radius 3 is 2.02 bits per heavy atom. The minimum Gasteiger partial charge on any atom is -0.455 e. The summed E-state index contributed by atoms with van der Waals surface area (Å²) < 4.78 is 8.88. The average Bonchev–Trinajstić information content (AvgIpc) is 3.84. The molecule has 3 heterocycles. The van der Waals surface area contributed by atoms with Gasteiger partial charge in [0.25, 0.3) is 0 Å². The Kier molecular flexibility index (Phi) is 6.27. The molecule has 11 rings (SSSR count). The number of hydrogen-bond acceptors (Lipinski definition) is 3. The molecule has 10 aromatic rings. The minimum atomic E-state index is -0.231. The number of para-hydroxylation sites is 3. The van der Waals surface area contributed by atoms with E-state index in [1.165, 1.54) is 38.6 Å². The molecule has 4 nitrogen and oxygen atoms in total. The quantitative estimate of drug-likeness (QED) is 0.186. The zero-order valence-electron chi connectivity index (χ0n) is 29.3. The van der Waals surface area contributed by atoms with Crippen LogP contribution in [0.2, 0.25) is 0 Å². The Bertz CT molecular complexity index is 3080. The van der Waals surface area contributed by atoms with Crippen molar-refractivity contribution in [1.82, 2.24) is 14.5 Å². The third-order valence-corrected chi connectivity index (χ3v) is 11.2. The molecule has 0 spiro atoms. The van der Waals surface area contributed by atoms with E-state index in [-0.39, 0.29) is 5.41 Å². The number of hydrogen-bond donors (Lipinski definition) is 0. The second-order valence-electron chi connectivity index (χ2n) is 14.6. The Balaban J connectivity index is 1.22. The van der Waals surface area contributed by atoms with E-state index in [1.54, 1.807) is 0 Å². The standard InChI is InChI=1S/C49H33N3O/c1-49(2)40-20-9-6-15-33(40)36-27-28-37-34-16-7-10-21-43(34)52(46(37)45(36)49)48-50-41(32-25-23-31(24-26-32)30-13-4-3-5-14-30)29-42(51-48)39-19-12-18-38-35-17-8-11-22-44(35)53-47(38)39/h3-29H,1-2H3. The van der Waals surface area contributed by atoms with Crippen LogP contribution in [-0.2, 0) is 5.41 Å². The highest BCUT2D eigenvalue weighted by Crippen LogP contribution is 2.53. The molecule has 0 saturated heterocycles. The van der Waals surface area contributed by atoms with Crippen LogP contribution in [0.3, 0.4) is 0 Å². The highest BCUT2D eigenvalue weighted by Gasteiger charge is 2.38. The summed E-state index contributed by atoms with van der Waals surface area (Å²) in [6, 6.07) is 57.9. The van der Waals surface area contributed by atoms with Gasteiger partial charge in [0.15, 0.2) is 0 Å². The molecule has 53 heavy (non-hydrogen) atoms. The van der Waals surface area contributed by atoms with Crippen molar-refractivity contribution in [3.8, 4) is 50.7 Å². The molecule has 0 radical (unpaired) electrons. The summed E-state index contributed by atoms with van der Waals surface area (Å²) >= 11 is 0. The minimum absolute atomic E-state index is 0.231. The van der Waals surface area contributed by atoms with Crippen molar-refractivity contribution in [3.63, 3.8) is 0 Å². The number of fused-ring (bicyclic) bond motifs is 10. The van der Waals surface area contributed by atoms with Gasteiger partial charge in [0.1, 0.15) is 11.2 Å². The van der Waals surface area contributed by atoms with Gasteiger partial charge in [0.05, 0.1) is 22.4 Å². The van der Waals surface area contributed by atoms with E-state index in [1.807, 2.05) is 18.2 Å². The third-order valence-electron chi connectivity index (χ3n) is 11.2. The van der Waals surface area contributed by atoms with Crippen molar-refractivity contribution in [1.29, 1.82) is 0 Å². The summed E-state index contributed by atoms with van der Waals surface area (Å²) in [6.07, 6.45) is 0. The second-order valence-corrected chi connectivity index (χ2v) is 14.6. The zero-order chi connectivity index (χ0) is 35.3. The molecular weight excluding hydrogens is 647 g/mol. The lowest BCUT2D eigenvalue weighted by Crippen LogP contribution is -2.17. The fraction of sp³-hybridized carbons (Fsp3) is 0.0612. The normalized spacial score (nSPS) is 13.2. The fourth-order valence-electron chi connectivity index (χ4n) is 8.75. The van der Waals surface area contributed by atoms with Crippen LogP contribution in [0, 0.1) is 0 Å². The zero-order valence-corrected chi connectivity index (χ0v) is 29.3. The first-order valence-electron chi connectivity index (χ1n) is 18.2. The van der Waals surface area contributed by atoms with Crippen molar-refractivity contribution < 1.29 is 4.42 Å². The van der Waals surface area contributed by atoms with Crippen LogP contribution >= 0.6 is 0 Å². The number of aromatic nitrogens is 3. The molecule has 0 bridgehead atoms. The largest absolute Gasteiger partial charge is 0.455 e. The molecule has 1 aliphatic rings. The molecule has 7 aromatic carbocycles. The van der Waals surface area contributed by atoms with Gasteiger partial charge in [-0.05, 0) is 57.6 Å². The van der Waals surface area contributed by atoms with Gasteiger partial charge in [-0.1, -0.05) is 153 Å². The highest BCUT2D eigenvalue weighted by atomic mass is 16.3. The summed E-state index contributed by atoms with van der Waals surface area (Å²) in [6.45, 7) is 4.69. The van der Waals surface area contributed by atoms with Gasteiger partial charge < -0.3 is 4.42 Å². The van der Waals surface area contributed by atoms with E-state index in [9.17, 15) is 0 Å². The number of rotatable bonds is 4. The van der Waals surface area contributed by atoms with E-state index >= 15 is 0 Å². The van der Waals surface area contributed by atoms with Gasteiger partial charge in [-0.15, -0.1) is 0 Å². The SMILES string of the molecule is CC1(C)c2ccccc2-c2ccc3c4ccccc4n(-c4nc(-c5ccc(-c6ccccc6)cc5)cc(-c5cccc6c5oc5ccccc56)n4)c3c21. The van der Waals surface area contributed by atoms with Crippen LogP contribution in [-0.4, -0.2) is 14.5 Å². The van der Waals surface area contributed by atoms with Crippen LogP contribution in [0.1, 0.15) is 25.0 Å². The van der Waals surface area contributed by atoms with E-state index in [0.717, 1.165) is 61.1 Å². The maximum atomic E-state index is 6.58. The molecule has 0 atom stereocenters. The molecule has 250 valence electrons. The molecule has 0 N–H and O–H groups in total. The lowest BCUT2D eigenvalue weighted by Gasteiger charge is -2.23. The van der Waals surface area contributed by atoms with Crippen LogP contribution in [0.4, 0.5) is 0 Å². The van der Waals surface area contributed by atoms with Crippen molar-refractivity contribution in [2.45, 2.75) is 19.3 Å². The van der Waals surface area contributed by atoms with Gasteiger partial charge in [-0.3, -0.25) is 4.57 Å². The first kappa shape index (κ1) is 29.9. The monoisotopic (exact) mass is 679 g/mol. The number of furan rings is 1. The highest BCUT2D eigenvalue weighted by molar-refractivity contribution is 6.13. The van der Waals surface area contributed by atoms with Gasteiger partial charge in [-0.25, -0.2) is 9.97 Å². The molecule has 4 heteroatoms. The molecule has 0 amide bonds. The lowest BCUT2D eigenvalue weighted by molar-refractivity contribution is 0.663. The lowest BCUT2D eigenvalue weighted by atomic mass is 9.81. The van der Waals surface area contributed by atoms with Crippen LogP contribution in [0.25, 0.3) is 94.5 Å². The van der Waals surface area contributed by atoms with Gasteiger partial charge in [-0.2, -0.15) is 0 Å². The molecule has 0 aliphatic heterocycles. The van der Waals surface area contributed by atoms with Crippen molar-refractivity contribution in [2.24, 2.45) is 0 Å². The molecule has 1 aliphatic carbocycles. The van der Waals surface area contributed by atoms with Crippen molar-refractivity contribution in [3.05, 3.63) is 175 Å². The maximum Gasteiger partial charge on any atom is 0.235 e. The van der Waals surface area contributed by atoms with E-state index in [0.29, 0.717) is 5.95 Å². The smallest absolute Gasteiger partial charge is 0.235 e. The maximum absolute atomic E-state index is 6.58.